The van der Waals surface area contributed by atoms with Gasteiger partial charge in [-0.05, 0) is 25.5 Å². The molecule has 3 N–H and O–H groups in total. The minimum Gasteiger partial charge on any atom is -0.453 e. The number of hydrogen-bond donors (Lipinski definition) is 3. The summed E-state index contributed by atoms with van der Waals surface area (Å²) >= 11 is 0. The number of nitrogens with zero attached hydrogens (tertiary/aromatic N) is 2. The van der Waals surface area contributed by atoms with E-state index in [0.29, 0.717) is 5.82 Å². The standard InChI is InChI=1S/C22H27N5O5/c1-13(32-18(28)11-10-15-20(30)25-21(31)23-15)19(29)24-17-12-16(22(2,3)4)26-27(17)14-8-6-5-7-9-14/h5-9,12-13,15H,10-11H2,1-4H3,(H,24,29)(H2,23,25,30,31)/t13-,15+/m1/s1. The number of benzene rings is 1. The quantitative estimate of drug-likeness (QED) is 0.445. The number of carbonyl (C=O) groups is 4. The molecule has 1 aromatic heterocycles. The summed E-state index contributed by atoms with van der Waals surface area (Å²) in [5, 5.41) is 11.9. The third kappa shape index (κ3) is 5.51. The molecule has 1 aromatic carbocycles. The molecule has 0 saturated carbocycles. The van der Waals surface area contributed by atoms with Gasteiger partial charge in [0.2, 0.25) is 0 Å². The summed E-state index contributed by atoms with van der Waals surface area (Å²) in [5.74, 6) is -1.19. The molecule has 0 aliphatic carbocycles. The fraction of sp³-hybridized carbons (Fsp3) is 0.409. The van der Waals surface area contributed by atoms with Crippen molar-refractivity contribution in [3.05, 3.63) is 42.1 Å². The van der Waals surface area contributed by atoms with Crippen LogP contribution in [0.3, 0.4) is 0 Å². The predicted molar refractivity (Wildman–Crippen MR) is 116 cm³/mol. The van der Waals surface area contributed by atoms with Crippen LogP contribution >= 0.6 is 0 Å². The van der Waals surface area contributed by atoms with E-state index in [1.807, 2.05) is 51.1 Å². The highest BCUT2D eigenvalue weighted by Gasteiger charge is 2.30. The van der Waals surface area contributed by atoms with Crippen molar-refractivity contribution in [2.24, 2.45) is 0 Å². The van der Waals surface area contributed by atoms with E-state index in [1.54, 1.807) is 10.7 Å². The van der Waals surface area contributed by atoms with Crippen LogP contribution < -0.4 is 16.0 Å². The van der Waals surface area contributed by atoms with E-state index in [2.05, 4.69) is 21.0 Å². The Morgan fingerprint density at radius 1 is 1.22 bits per heavy atom. The Balaban J connectivity index is 1.64. The molecule has 10 heteroatoms. The van der Waals surface area contributed by atoms with E-state index < -0.39 is 36.0 Å². The minimum absolute atomic E-state index is 0.0838. The predicted octanol–water partition coefficient (Wildman–Crippen LogP) is 2.03. The van der Waals surface area contributed by atoms with Crippen LogP contribution in [0.25, 0.3) is 5.69 Å². The van der Waals surface area contributed by atoms with Gasteiger partial charge in [0.1, 0.15) is 11.9 Å². The van der Waals surface area contributed by atoms with Crippen LogP contribution in [0.15, 0.2) is 36.4 Å². The average Bonchev–Trinajstić information content (AvgIpc) is 3.29. The van der Waals surface area contributed by atoms with Crippen LogP contribution in [0.1, 0.15) is 46.2 Å². The topological polar surface area (TPSA) is 131 Å². The lowest BCUT2D eigenvalue weighted by Gasteiger charge is -2.15. The number of anilines is 1. The second-order valence-corrected chi connectivity index (χ2v) is 8.59. The Morgan fingerprint density at radius 3 is 2.50 bits per heavy atom. The first-order valence-corrected chi connectivity index (χ1v) is 10.3. The van der Waals surface area contributed by atoms with Gasteiger partial charge in [0.25, 0.3) is 11.8 Å². The van der Waals surface area contributed by atoms with Crippen molar-refractivity contribution < 1.29 is 23.9 Å². The smallest absolute Gasteiger partial charge is 0.322 e. The van der Waals surface area contributed by atoms with Gasteiger partial charge in [-0.1, -0.05) is 39.0 Å². The molecule has 10 nitrogen and oxygen atoms in total. The number of carbonyl (C=O) groups excluding carboxylic acids is 4. The lowest BCUT2D eigenvalue weighted by molar-refractivity contribution is -0.153. The molecule has 1 aliphatic rings. The van der Waals surface area contributed by atoms with Crippen LogP contribution in [0.2, 0.25) is 0 Å². The van der Waals surface area contributed by atoms with Gasteiger partial charge in [-0.3, -0.25) is 19.7 Å². The number of aromatic nitrogens is 2. The molecule has 0 spiro atoms. The van der Waals surface area contributed by atoms with Crippen LogP contribution in [0.4, 0.5) is 10.6 Å². The lowest BCUT2D eigenvalue weighted by atomic mass is 9.92. The molecule has 1 aliphatic heterocycles. The number of para-hydroxylation sites is 1. The molecule has 1 fully saturated rings. The van der Waals surface area contributed by atoms with Gasteiger partial charge in [-0.15, -0.1) is 0 Å². The van der Waals surface area contributed by atoms with Crippen molar-refractivity contribution in [1.82, 2.24) is 20.4 Å². The molecular weight excluding hydrogens is 414 g/mol. The highest BCUT2D eigenvalue weighted by Crippen LogP contribution is 2.26. The van der Waals surface area contributed by atoms with Gasteiger partial charge < -0.3 is 15.4 Å². The molecular formula is C22H27N5O5. The molecule has 2 heterocycles. The van der Waals surface area contributed by atoms with Gasteiger partial charge in [-0.25, -0.2) is 9.48 Å². The van der Waals surface area contributed by atoms with Gasteiger partial charge in [-0.2, -0.15) is 5.10 Å². The molecule has 4 amide bonds. The van der Waals surface area contributed by atoms with Crippen LogP contribution in [0, 0.1) is 0 Å². The van der Waals surface area contributed by atoms with Crippen LogP contribution in [0.5, 0.6) is 0 Å². The van der Waals surface area contributed by atoms with Crippen molar-refractivity contribution in [3.63, 3.8) is 0 Å². The van der Waals surface area contributed by atoms with E-state index in [9.17, 15) is 19.2 Å². The summed E-state index contributed by atoms with van der Waals surface area (Å²) in [5.41, 5.74) is 1.33. The summed E-state index contributed by atoms with van der Waals surface area (Å²) in [4.78, 5) is 47.5. The Kier molecular flexibility index (Phi) is 6.61. The summed E-state index contributed by atoms with van der Waals surface area (Å²) in [6.45, 7) is 7.53. The maximum absolute atomic E-state index is 12.7. The van der Waals surface area contributed by atoms with Gasteiger partial charge in [0.05, 0.1) is 11.4 Å². The van der Waals surface area contributed by atoms with E-state index in [-0.39, 0.29) is 18.3 Å². The second-order valence-electron chi connectivity index (χ2n) is 8.59. The van der Waals surface area contributed by atoms with Gasteiger partial charge >= 0.3 is 12.0 Å². The number of hydrogen-bond acceptors (Lipinski definition) is 6. The summed E-state index contributed by atoms with van der Waals surface area (Å²) in [6, 6.07) is 9.79. The number of esters is 1. The highest BCUT2D eigenvalue weighted by atomic mass is 16.5. The summed E-state index contributed by atoms with van der Waals surface area (Å²) in [6.07, 6.45) is -1.10. The lowest BCUT2D eigenvalue weighted by Crippen LogP contribution is -2.32. The molecule has 2 atom stereocenters. The number of rotatable bonds is 7. The SMILES string of the molecule is C[C@@H](OC(=O)CC[C@@H]1NC(=O)NC1=O)C(=O)Nc1cc(C(C)(C)C)nn1-c1ccccc1. The normalized spacial score (nSPS) is 16.8. The van der Waals surface area contributed by atoms with E-state index in [1.165, 1.54) is 6.92 Å². The first kappa shape index (κ1) is 23.0. The molecule has 170 valence electrons. The van der Waals surface area contributed by atoms with Crippen molar-refractivity contribution in [2.75, 3.05) is 5.32 Å². The zero-order valence-corrected chi connectivity index (χ0v) is 18.5. The average molecular weight is 441 g/mol. The fourth-order valence-electron chi connectivity index (χ4n) is 3.06. The van der Waals surface area contributed by atoms with E-state index in [4.69, 9.17) is 4.74 Å². The monoisotopic (exact) mass is 441 g/mol. The maximum Gasteiger partial charge on any atom is 0.322 e. The Hall–Kier alpha value is -3.69. The fourth-order valence-corrected chi connectivity index (χ4v) is 3.06. The summed E-state index contributed by atoms with van der Waals surface area (Å²) in [7, 11) is 0. The molecule has 0 unspecified atom stereocenters. The first-order chi connectivity index (χ1) is 15.0. The van der Waals surface area contributed by atoms with Crippen molar-refractivity contribution in [2.45, 2.75) is 58.1 Å². The van der Waals surface area contributed by atoms with Crippen molar-refractivity contribution in [3.8, 4) is 5.69 Å². The van der Waals surface area contributed by atoms with Crippen LogP contribution in [-0.4, -0.2) is 45.7 Å². The number of nitrogens with one attached hydrogen (secondary N) is 3. The van der Waals surface area contributed by atoms with Crippen molar-refractivity contribution in [1.29, 1.82) is 0 Å². The van der Waals surface area contributed by atoms with Gasteiger partial charge in [0.15, 0.2) is 6.10 Å². The Morgan fingerprint density at radius 2 is 1.91 bits per heavy atom. The third-order valence-corrected chi connectivity index (χ3v) is 4.90. The maximum atomic E-state index is 12.7. The number of ether oxygens (including phenoxy) is 1. The molecule has 3 rings (SSSR count). The first-order valence-electron chi connectivity index (χ1n) is 10.3. The van der Waals surface area contributed by atoms with Crippen molar-refractivity contribution >= 4 is 29.6 Å². The highest BCUT2D eigenvalue weighted by molar-refractivity contribution is 6.04. The molecule has 0 radical (unpaired) electrons. The Labute approximate surface area is 185 Å². The van der Waals surface area contributed by atoms with Crippen LogP contribution in [-0.2, 0) is 24.5 Å². The minimum atomic E-state index is -1.06. The van der Waals surface area contributed by atoms with Gasteiger partial charge in [0, 0.05) is 17.9 Å². The van der Waals surface area contributed by atoms with E-state index >= 15 is 0 Å². The molecule has 2 aromatic rings. The number of urea groups is 1. The zero-order chi connectivity index (χ0) is 23.5. The largest absolute Gasteiger partial charge is 0.453 e. The second kappa shape index (κ2) is 9.21. The molecule has 32 heavy (non-hydrogen) atoms. The summed E-state index contributed by atoms with van der Waals surface area (Å²) < 4.78 is 6.83. The molecule has 0 bridgehead atoms. The third-order valence-electron chi connectivity index (χ3n) is 4.90. The zero-order valence-electron chi connectivity index (χ0n) is 18.5. The number of amides is 4. The molecule has 1 saturated heterocycles. The number of imide groups is 1. The Bertz CT molecular complexity index is 1030. The van der Waals surface area contributed by atoms with E-state index in [0.717, 1.165) is 11.4 Å².